The van der Waals surface area contributed by atoms with Crippen LogP contribution in [0, 0.1) is 20.8 Å². The minimum absolute atomic E-state index is 0.315. The van der Waals surface area contributed by atoms with Crippen LogP contribution in [0.25, 0.3) is 0 Å². The maximum absolute atomic E-state index is 12.8. The summed E-state index contributed by atoms with van der Waals surface area (Å²) in [4.78, 5) is 0.315. The number of rotatable bonds is 5. The van der Waals surface area contributed by atoms with E-state index in [1.807, 2.05) is 63.2 Å². The molecule has 0 radical (unpaired) electrons. The SMILES string of the molecule is Cc1cc(C)c(S(=O)(=O)Nc2ccn(Cc3ccccc3)n2)c(C)c1. The van der Waals surface area contributed by atoms with Gasteiger partial charge in [-0.25, -0.2) is 8.42 Å². The van der Waals surface area contributed by atoms with E-state index < -0.39 is 10.0 Å². The standard InChI is InChI=1S/C19H21N3O2S/c1-14-11-15(2)19(16(3)12-14)25(23,24)21-18-9-10-22(20-18)13-17-7-5-4-6-8-17/h4-12H,13H2,1-3H3,(H,20,21). The topological polar surface area (TPSA) is 64.0 Å². The molecule has 3 rings (SSSR count). The summed E-state index contributed by atoms with van der Waals surface area (Å²) in [5, 5.41) is 4.32. The number of sulfonamides is 1. The van der Waals surface area contributed by atoms with E-state index in [-0.39, 0.29) is 0 Å². The third-order valence-corrected chi connectivity index (χ3v) is 5.60. The molecule has 0 aliphatic heterocycles. The predicted molar refractivity (Wildman–Crippen MR) is 99.2 cm³/mol. The lowest BCUT2D eigenvalue weighted by atomic mass is 10.1. The third-order valence-electron chi connectivity index (χ3n) is 3.94. The first-order chi connectivity index (χ1) is 11.8. The van der Waals surface area contributed by atoms with Gasteiger partial charge in [0.25, 0.3) is 10.0 Å². The molecule has 3 aromatic rings. The molecular weight excluding hydrogens is 334 g/mol. The van der Waals surface area contributed by atoms with Gasteiger partial charge in [-0.1, -0.05) is 48.0 Å². The monoisotopic (exact) mass is 355 g/mol. The minimum Gasteiger partial charge on any atom is -0.266 e. The van der Waals surface area contributed by atoms with Crippen LogP contribution >= 0.6 is 0 Å². The molecule has 0 spiro atoms. The fraction of sp³-hybridized carbons (Fsp3) is 0.211. The Morgan fingerprint density at radius 1 is 1.00 bits per heavy atom. The summed E-state index contributed by atoms with van der Waals surface area (Å²) >= 11 is 0. The number of anilines is 1. The molecule has 0 atom stereocenters. The van der Waals surface area contributed by atoms with Crippen molar-refractivity contribution in [1.29, 1.82) is 0 Å². The van der Waals surface area contributed by atoms with Crippen LogP contribution in [0.3, 0.4) is 0 Å². The number of hydrogen-bond donors (Lipinski definition) is 1. The van der Waals surface area contributed by atoms with Crippen LogP contribution in [0.4, 0.5) is 5.82 Å². The zero-order chi connectivity index (χ0) is 18.0. The molecule has 0 aliphatic carbocycles. The summed E-state index contributed by atoms with van der Waals surface area (Å²) in [5.41, 5.74) is 3.61. The Hall–Kier alpha value is -2.60. The molecule has 1 heterocycles. The van der Waals surface area contributed by atoms with Gasteiger partial charge in [0.15, 0.2) is 5.82 Å². The summed E-state index contributed by atoms with van der Waals surface area (Å²) in [6.07, 6.45) is 1.76. The Morgan fingerprint density at radius 2 is 1.64 bits per heavy atom. The van der Waals surface area contributed by atoms with Crippen LogP contribution in [0.5, 0.6) is 0 Å². The first kappa shape index (κ1) is 17.2. The zero-order valence-corrected chi connectivity index (χ0v) is 15.3. The van der Waals surface area contributed by atoms with Crippen molar-refractivity contribution >= 4 is 15.8 Å². The fourth-order valence-electron chi connectivity index (χ4n) is 3.05. The molecular formula is C19H21N3O2S. The molecule has 25 heavy (non-hydrogen) atoms. The van der Waals surface area contributed by atoms with Gasteiger partial charge >= 0.3 is 0 Å². The molecule has 0 saturated carbocycles. The second-order valence-corrected chi connectivity index (χ2v) is 7.84. The first-order valence-electron chi connectivity index (χ1n) is 8.03. The van der Waals surface area contributed by atoms with Crippen molar-refractivity contribution in [2.24, 2.45) is 0 Å². The summed E-state index contributed by atoms with van der Waals surface area (Å²) in [7, 11) is -3.68. The van der Waals surface area contributed by atoms with Crippen LogP contribution in [-0.4, -0.2) is 18.2 Å². The Balaban J connectivity index is 1.83. The van der Waals surface area contributed by atoms with E-state index >= 15 is 0 Å². The molecule has 0 amide bonds. The Kier molecular flexibility index (Phi) is 4.63. The van der Waals surface area contributed by atoms with E-state index in [1.54, 1.807) is 16.9 Å². The van der Waals surface area contributed by atoms with E-state index in [0.717, 1.165) is 22.3 Å². The summed E-state index contributed by atoms with van der Waals surface area (Å²) < 4.78 is 29.8. The van der Waals surface area contributed by atoms with E-state index in [0.29, 0.717) is 17.3 Å². The molecule has 5 nitrogen and oxygen atoms in total. The highest BCUT2D eigenvalue weighted by atomic mass is 32.2. The van der Waals surface area contributed by atoms with Crippen molar-refractivity contribution < 1.29 is 8.42 Å². The number of aromatic nitrogens is 2. The Morgan fingerprint density at radius 3 is 2.28 bits per heavy atom. The van der Waals surface area contributed by atoms with Crippen molar-refractivity contribution in [1.82, 2.24) is 9.78 Å². The Labute approximate surface area is 148 Å². The lowest BCUT2D eigenvalue weighted by Gasteiger charge is -2.12. The van der Waals surface area contributed by atoms with Gasteiger partial charge in [-0.2, -0.15) is 5.10 Å². The second kappa shape index (κ2) is 6.72. The average molecular weight is 355 g/mol. The van der Waals surface area contributed by atoms with Gasteiger partial charge < -0.3 is 0 Å². The molecule has 0 fully saturated rings. The van der Waals surface area contributed by atoms with Gasteiger partial charge in [0.2, 0.25) is 0 Å². The quantitative estimate of drug-likeness (QED) is 0.760. The number of hydrogen-bond acceptors (Lipinski definition) is 3. The molecule has 1 aromatic heterocycles. The van der Waals surface area contributed by atoms with Crippen LogP contribution in [0.2, 0.25) is 0 Å². The minimum atomic E-state index is -3.68. The van der Waals surface area contributed by atoms with Crippen molar-refractivity contribution in [3.8, 4) is 0 Å². The van der Waals surface area contributed by atoms with E-state index in [9.17, 15) is 8.42 Å². The van der Waals surface area contributed by atoms with Gasteiger partial charge in [0.05, 0.1) is 11.4 Å². The van der Waals surface area contributed by atoms with E-state index in [4.69, 9.17) is 0 Å². The third kappa shape index (κ3) is 3.91. The van der Waals surface area contributed by atoms with Crippen molar-refractivity contribution in [2.45, 2.75) is 32.2 Å². The molecule has 0 aliphatic rings. The van der Waals surface area contributed by atoms with Crippen LogP contribution in [0.15, 0.2) is 59.6 Å². The molecule has 6 heteroatoms. The van der Waals surface area contributed by atoms with Crippen molar-refractivity contribution in [2.75, 3.05) is 4.72 Å². The van der Waals surface area contributed by atoms with Crippen molar-refractivity contribution in [3.63, 3.8) is 0 Å². The molecule has 0 unspecified atom stereocenters. The van der Waals surface area contributed by atoms with Crippen LogP contribution < -0.4 is 4.72 Å². The molecule has 1 N–H and O–H groups in total. The highest BCUT2D eigenvalue weighted by Crippen LogP contribution is 2.23. The van der Waals surface area contributed by atoms with Crippen molar-refractivity contribution in [3.05, 3.63) is 77.0 Å². The lowest BCUT2D eigenvalue weighted by molar-refractivity contribution is 0.599. The second-order valence-electron chi connectivity index (χ2n) is 6.22. The largest absolute Gasteiger partial charge is 0.266 e. The van der Waals surface area contributed by atoms with Gasteiger partial charge in [-0.15, -0.1) is 0 Å². The van der Waals surface area contributed by atoms with Crippen LogP contribution in [0.1, 0.15) is 22.3 Å². The number of benzene rings is 2. The van der Waals surface area contributed by atoms with Gasteiger partial charge in [-0.3, -0.25) is 9.40 Å². The smallest absolute Gasteiger partial charge is 0.263 e. The number of nitrogens with zero attached hydrogens (tertiary/aromatic N) is 2. The number of aryl methyl sites for hydroxylation is 3. The molecule has 2 aromatic carbocycles. The predicted octanol–water partition coefficient (Wildman–Crippen LogP) is 3.66. The fourth-order valence-corrected chi connectivity index (χ4v) is 4.51. The molecule has 0 bridgehead atoms. The maximum Gasteiger partial charge on any atom is 0.263 e. The summed E-state index contributed by atoms with van der Waals surface area (Å²) in [5.74, 6) is 0.315. The first-order valence-corrected chi connectivity index (χ1v) is 9.51. The van der Waals surface area contributed by atoms with Crippen LogP contribution in [-0.2, 0) is 16.6 Å². The normalized spacial score (nSPS) is 11.5. The lowest BCUT2D eigenvalue weighted by Crippen LogP contribution is -2.16. The highest BCUT2D eigenvalue weighted by Gasteiger charge is 2.21. The van der Waals surface area contributed by atoms with Gasteiger partial charge in [0, 0.05) is 12.3 Å². The summed E-state index contributed by atoms with van der Waals surface area (Å²) in [6, 6.07) is 15.3. The van der Waals surface area contributed by atoms with Gasteiger partial charge in [-0.05, 0) is 37.5 Å². The van der Waals surface area contributed by atoms with E-state index in [1.165, 1.54) is 0 Å². The summed E-state index contributed by atoms with van der Waals surface area (Å²) in [6.45, 7) is 6.16. The molecule has 0 saturated heterocycles. The number of nitrogens with one attached hydrogen (secondary N) is 1. The molecule has 130 valence electrons. The highest BCUT2D eigenvalue weighted by molar-refractivity contribution is 7.92. The zero-order valence-electron chi connectivity index (χ0n) is 14.5. The maximum atomic E-state index is 12.8. The Bertz CT molecular complexity index is 970. The van der Waals surface area contributed by atoms with E-state index in [2.05, 4.69) is 9.82 Å². The average Bonchev–Trinajstić information content (AvgIpc) is 2.93. The van der Waals surface area contributed by atoms with Gasteiger partial charge in [0.1, 0.15) is 0 Å².